The van der Waals surface area contributed by atoms with Crippen LogP contribution in [0.3, 0.4) is 0 Å². The van der Waals surface area contributed by atoms with Crippen LogP contribution in [0.1, 0.15) is 104 Å². The summed E-state index contributed by atoms with van der Waals surface area (Å²) in [6.07, 6.45) is 17.8. The highest BCUT2D eigenvalue weighted by Gasteiger charge is 1.99. The van der Waals surface area contributed by atoms with E-state index in [1.165, 1.54) is 70.6 Å². The third-order valence-electron chi connectivity index (χ3n) is 4.07. The Hall–Kier alpha value is -0.530. The van der Waals surface area contributed by atoms with Crippen molar-refractivity contribution in [3.8, 4) is 0 Å². The van der Waals surface area contributed by atoms with Gasteiger partial charge in [0.15, 0.2) is 0 Å². The quantitative estimate of drug-likeness (QED) is 0.257. The van der Waals surface area contributed by atoms with Gasteiger partial charge in [-0.15, -0.1) is 0 Å². The van der Waals surface area contributed by atoms with Crippen LogP contribution in [0.25, 0.3) is 0 Å². The number of carbonyl (C=O) groups excluding carboxylic acids is 1. The Kier molecular flexibility index (Phi) is 15.5. The molecule has 0 atom stereocenters. The molecule has 0 aromatic heterocycles. The summed E-state index contributed by atoms with van der Waals surface area (Å²) >= 11 is 0. The number of unbranched alkanes of at least 4 members (excludes halogenated alkanes) is 11. The van der Waals surface area contributed by atoms with Gasteiger partial charge < -0.3 is 4.74 Å². The highest BCUT2D eigenvalue weighted by molar-refractivity contribution is 5.69. The summed E-state index contributed by atoms with van der Waals surface area (Å²) in [6, 6.07) is 0. The van der Waals surface area contributed by atoms with Gasteiger partial charge in [-0.05, 0) is 12.3 Å². The highest BCUT2D eigenvalue weighted by atomic mass is 16.5. The second-order valence-corrected chi connectivity index (χ2v) is 6.69. The van der Waals surface area contributed by atoms with E-state index in [0.29, 0.717) is 6.42 Å². The Labute approximate surface area is 133 Å². The third-order valence-corrected chi connectivity index (χ3v) is 4.07. The lowest BCUT2D eigenvalue weighted by Gasteiger charge is -2.04. The molecule has 2 nitrogen and oxygen atoms in total. The number of esters is 1. The monoisotopic (exact) mass is 297 g/mol. The summed E-state index contributed by atoms with van der Waals surface area (Å²) in [5.74, 6) is 0.692. The van der Waals surface area contributed by atoms with E-state index in [4.69, 9.17) is 0 Å². The fourth-order valence-electron chi connectivity index (χ4n) is 2.66. The first-order valence-electron chi connectivity index (χ1n) is 9.11. The van der Waals surface area contributed by atoms with Crippen LogP contribution in [0.4, 0.5) is 0 Å². The van der Waals surface area contributed by atoms with Gasteiger partial charge in [0, 0.05) is 6.42 Å². The molecule has 0 aliphatic carbocycles. The van der Waals surface area contributed by atoms with Gasteiger partial charge in [-0.25, -0.2) is 0 Å². The number of hydrogen-bond acceptors (Lipinski definition) is 2. The summed E-state index contributed by atoms with van der Waals surface area (Å²) in [5.41, 5.74) is 0. The van der Waals surface area contributed by atoms with Crippen molar-refractivity contribution in [2.45, 2.75) is 104 Å². The van der Waals surface area contributed by atoms with Gasteiger partial charge in [-0.3, -0.25) is 4.79 Å². The van der Waals surface area contributed by atoms with Crippen LogP contribution in [-0.4, -0.2) is 5.97 Å². The van der Waals surface area contributed by atoms with Crippen molar-refractivity contribution in [3.05, 3.63) is 7.11 Å². The molecule has 0 N–H and O–H groups in total. The van der Waals surface area contributed by atoms with Crippen LogP contribution in [0.2, 0.25) is 0 Å². The van der Waals surface area contributed by atoms with Crippen LogP contribution in [-0.2, 0) is 9.53 Å². The molecule has 0 unspecified atom stereocenters. The molecule has 0 spiro atoms. The van der Waals surface area contributed by atoms with E-state index < -0.39 is 0 Å². The second kappa shape index (κ2) is 15.9. The first-order valence-corrected chi connectivity index (χ1v) is 9.11. The Balaban J connectivity index is 3.01. The van der Waals surface area contributed by atoms with Gasteiger partial charge in [0.05, 0.1) is 0 Å². The molecular formula is C19H37O2. The molecule has 0 aromatic rings. The van der Waals surface area contributed by atoms with Crippen molar-refractivity contribution in [2.75, 3.05) is 0 Å². The van der Waals surface area contributed by atoms with Crippen molar-refractivity contribution in [3.63, 3.8) is 0 Å². The zero-order valence-electron chi connectivity index (χ0n) is 14.5. The van der Waals surface area contributed by atoms with Crippen molar-refractivity contribution in [1.82, 2.24) is 0 Å². The van der Waals surface area contributed by atoms with Crippen molar-refractivity contribution in [2.24, 2.45) is 5.92 Å². The van der Waals surface area contributed by atoms with Crippen LogP contribution in [0.15, 0.2) is 0 Å². The van der Waals surface area contributed by atoms with E-state index >= 15 is 0 Å². The molecule has 0 saturated heterocycles. The Morgan fingerprint density at radius 1 is 0.762 bits per heavy atom. The molecule has 0 aromatic carbocycles. The van der Waals surface area contributed by atoms with Gasteiger partial charge in [-0.1, -0.05) is 90.9 Å². The summed E-state index contributed by atoms with van der Waals surface area (Å²) in [5, 5.41) is 0. The molecule has 0 amide bonds. The lowest BCUT2D eigenvalue weighted by molar-refractivity contribution is -0.138. The number of ether oxygens (including phenoxy) is 1. The molecule has 0 aliphatic heterocycles. The normalized spacial score (nSPS) is 11.0. The van der Waals surface area contributed by atoms with Crippen molar-refractivity contribution in [1.29, 1.82) is 0 Å². The molecule has 2 heteroatoms. The molecule has 125 valence electrons. The highest BCUT2D eigenvalue weighted by Crippen LogP contribution is 2.14. The van der Waals surface area contributed by atoms with Gasteiger partial charge in [0.25, 0.3) is 0 Å². The van der Waals surface area contributed by atoms with Crippen molar-refractivity contribution >= 4 is 5.97 Å². The Morgan fingerprint density at radius 2 is 1.14 bits per heavy atom. The van der Waals surface area contributed by atoms with E-state index in [2.05, 4.69) is 25.7 Å². The molecule has 0 bridgehead atoms. The zero-order valence-corrected chi connectivity index (χ0v) is 14.5. The number of carbonyl (C=O) groups is 1. The predicted molar refractivity (Wildman–Crippen MR) is 90.9 cm³/mol. The van der Waals surface area contributed by atoms with Crippen molar-refractivity contribution < 1.29 is 9.53 Å². The van der Waals surface area contributed by atoms with Crippen LogP contribution < -0.4 is 0 Å². The molecule has 0 fully saturated rings. The number of rotatable bonds is 15. The molecule has 0 saturated carbocycles. The maximum atomic E-state index is 10.9. The molecule has 0 rings (SSSR count). The van der Waals surface area contributed by atoms with E-state index in [0.717, 1.165) is 18.8 Å². The maximum absolute atomic E-state index is 10.9. The average Bonchev–Trinajstić information content (AvgIpc) is 2.46. The summed E-state index contributed by atoms with van der Waals surface area (Å²) in [7, 11) is 3.12. The third kappa shape index (κ3) is 17.4. The largest absolute Gasteiger partial charge is 0.462 e. The Bertz CT molecular complexity index is 224. The van der Waals surface area contributed by atoms with Gasteiger partial charge in [0.1, 0.15) is 7.11 Å². The minimum Gasteiger partial charge on any atom is -0.462 e. The van der Waals surface area contributed by atoms with E-state index in [9.17, 15) is 4.79 Å². The fourth-order valence-corrected chi connectivity index (χ4v) is 2.66. The first-order chi connectivity index (χ1) is 10.2. The number of hydrogen-bond donors (Lipinski definition) is 0. The van der Waals surface area contributed by atoms with Crippen LogP contribution in [0, 0.1) is 13.0 Å². The second-order valence-electron chi connectivity index (χ2n) is 6.69. The Morgan fingerprint density at radius 3 is 1.52 bits per heavy atom. The molecular weight excluding hydrogens is 260 g/mol. The van der Waals surface area contributed by atoms with Crippen LogP contribution in [0.5, 0.6) is 0 Å². The molecule has 0 heterocycles. The summed E-state index contributed by atoms with van der Waals surface area (Å²) in [4.78, 5) is 10.9. The lowest BCUT2D eigenvalue weighted by Crippen LogP contribution is -1.97. The SMILES string of the molecule is [CH2]OC(=O)CCCCCCCCCCCCCCC(C)C. The van der Waals surface area contributed by atoms with Gasteiger partial charge >= 0.3 is 5.97 Å². The van der Waals surface area contributed by atoms with E-state index in [-0.39, 0.29) is 5.97 Å². The topological polar surface area (TPSA) is 26.3 Å². The standard InChI is InChI=1S/C19H37O2/c1-18(2)16-14-12-10-8-6-4-5-7-9-11-13-15-17-19(20)21-3/h18H,3-17H2,1-2H3. The van der Waals surface area contributed by atoms with Crippen LogP contribution >= 0.6 is 0 Å². The first kappa shape index (κ1) is 20.5. The smallest absolute Gasteiger partial charge is 0.305 e. The van der Waals surface area contributed by atoms with E-state index in [1.54, 1.807) is 0 Å². The molecule has 21 heavy (non-hydrogen) atoms. The lowest BCUT2D eigenvalue weighted by atomic mass is 10.0. The minimum atomic E-state index is -0.177. The minimum absolute atomic E-state index is 0.177. The summed E-state index contributed by atoms with van der Waals surface area (Å²) < 4.78 is 4.38. The predicted octanol–water partition coefficient (Wildman–Crippen LogP) is 6.44. The molecule has 1 radical (unpaired) electrons. The maximum Gasteiger partial charge on any atom is 0.305 e. The summed E-state index contributed by atoms with van der Waals surface area (Å²) in [6.45, 7) is 4.62. The zero-order chi connectivity index (χ0) is 15.8. The van der Waals surface area contributed by atoms with Gasteiger partial charge in [0.2, 0.25) is 0 Å². The molecule has 0 aliphatic rings. The average molecular weight is 298 g/mol. The fraction of sp³-hybridized carbons (Fsp3) is 0.895. The van der Waals surface area contributed by atoms with Gasteiger partial charge in [-0.2, -0.15) is 0 Å². The van der Waals surface area contributed by atoms with E-state index in [1.807, 2.05) is 0 Å².